The molecule has 1 rings (SSSR count). The van der Waals surface area contributed by atoms with Gasteiger partial charge >= 0.3 is 6.09 Å². The summed E-state index contributed by atoms with van der Waals surface area (Å²) in [6.07, 6.45) is -0.941. The topological polar surface area (TPSA) is 122 Å². The predicted octanol–water partition coefficient (Wildman–Crippen LogP) is 0.377. The number of carbonyl (C=O) groups excluding carboxylic acids is 2. The van der Waals surface area contributed by atoms with Crippen molar-refractivity contribution in [1.29, 1.82) is 0 Å². The van der Waals surface area contributed by atoms with Crippen LogP contribution in [0, 0.1) is 0 Å². The summed E-state index contributed by atoms with van der Waals surface area (Å²) in [5, 5.41) is 11.3. The molecule has 0 saturated heterocycles. The van der Waals surface area contributed by atoms with Crippen LogP contribution in [0.25, 0.3) is 0 Å². The van der Waals surface area contributed by atoms with Gasteiger partial charge in [0.1, 0.15) is 11.6 Å². The molecule has 3 N–H and O–H groups in total. The Hall–Kier alpha value is -2.13. The first kappa shape index (κ1) is 18.9. The van der Waals surface area contributed by atoms with Gasteiger partial charge in [-0.2, -0.15) is 0 Å². The normalized spacial score (nSPS) is 13.0. The van der Waals surface area contributed by atoms with E-state index in [9.17, 15) is 23.1 Å². The van der Waals surface area contributed by atoms with Gasteiger partial charge in [0.15, 0.2) is 0 Å². The molecule has 9 heteroatoms. The smallest absolute Gasteiger partial charge is 0.408 e. The average molecular weight is 344 g/mol. The minimum Gasteiger partial charge on any atom is -0.444 e. The van der Waals surface area contributed by atoms with Crippen molar-refractivity contribution in [3.63, 3.8) is 0 Å². The Balaban J connectivity index is 2.76. The lowest BCUT2D eigenvalue weighted by Gasteiger charge is -2.22. The van der Waals surface area contributed by atoms with Gasteiger partial charge in [-0.1, -0.05) is 18.2 Å². The molecule has 23 heavy (non-hydrogen) atoms. The van der Waals surface area contributed by atoms with Crippen LogP contribution in [0.5, 0.6) is 0 Å². The van der Waals surface area contributed by atoms with Gasteiger partial charge in [0.25, 0.3) is 15.9 Å². The highest BCUT2D eigenvalue weighted by molar-refractivity contribution is 7.90. The number of alkyl carbamates (subject to hydrolysis) is 1. The molecule has 0 aliphatic carbocycles. The van der Waals surface area contributed by atoms with Crippen molar-refractivity contribution in [3.8, 4) is 0 Å². The highest BCUT2D eigenvalue weighted by atomic mass is 32.2. The number of nitrogens with one attached hydrogen (secondary N) is 2. The third-order valence-corrected chi connectivity index (χ3v) is 3.84. The Kier molecular flexibility index (Phi) is 6.11. The van der Waals surface area contributed by atoms with E-state index in [1.165, 1.54) is 24.3 Å². The standard InChI is InChI=1S/C14H20N2O6S/c1-14(2,3)22-13(19)15-11(9-17)12(18)16-23(20,21)10-7-5-4-6-8-10/h4-8,11,17H,9H2,1-3H3,(H,15,19)(H,16,18)/t11-/m0/s1. The first-order chi connectivity index (χ1) is 10.5. The van der Waals surface area contributed by atoms with Crippen LogP contribution >= 0.6 is 0 Å². The highest BCUT2D eigenvalue weighted by Gasteiger charge is 2.27. The summed E-state index contributed by atoms with van der Waals surface area (Å²) >= 11 is 0. The van der Waals surface area contributed by atoms with E-state index >= 15 is 0 Å². The monoisotopic (exact) mass is 344 g/mol. The molecule has 0 spiro atoms. The molecule has 2 amide bonds. The second-order valence-electron chi connectivity index (χ2n) is 5.66. The van der Waals surface area contributed by atoms with E-state index in [4.69, 9.17) is 4.74 Å². The number of hydrogen-bond acceptors (Lipinski definition) is 6. The fraction of sp³-hybridized carbons (Fsp3) is 0.429. The second kappa shape index (κ2) is 7.42. The summed E-state index contributed by atoms with van der Waals surface area (Å²) in [4.78, 5) is 23.4. The van der Waals surface area contributed by atoms with Crippen molar-refractivity contribution in [2.45, 2.75) is 37.3 Å². The van der Waals surface area contributed by atoms with E-state index in [0.29, 0.717) is 0 Å². The maximum atomic E-state index is 12.0. The van der Waals surface area contributed by atoms with Crippen LogP contribution in [0.3, 0.4) is 0 Å². The minimum atomic E-state index is -4.09. The Morgan fingerprint density at radius 2 is 1.78 bits per heavy atom. The van der Waals surface area contributed by atoms with Gasteiger partial charge in [-0.25, -0.2) is 17.9 Å². The number of carbonyl (C=O) groups is 2. The van der Waals surface area contributed by atoms with Crippen molar-refractivity contribution in [1.82, 2.24) is 10.0 Å². The maximum Gasteiger partial charge on any atom is 0.408 e. The van der Waals surface area contributed by atoms with Crippen LogP contribution in [0.1, 0.15) is 20.8 Å². The number of hydrogen-bond donors (Lipinski definition) is 3. The van der Waals surface area contributed by atoms with E-state index in [1.54, 1.807) is 31.6 Å². The first-order valence-corrected chi connectivity index (χ1v) is 8.25. The molecule has 0 aliphatic rings. The predicted molar refractivity (Wildman–Crippen MR) is 82.0 cm³/mol. The van der Waals surface area contributed by atoms with E-state index in [2.05, 4.69) is 5.32 Å². The number of benzene rings is 1. The molecule has 0 saturated carbocycles. The molecule has 1 aromatic rings. The van der Waals surface area contributed by atoms with Gasteiger partial charge in [0, 0.05) is 0 Å². The largest absolute Gasteiger partial charge is 0.444 e. The molecule has 0 aliphatic heterocycles. The molecule has 1 aromatic carbocycles. The van der Waals surface area contributed by atoms with Crippen LogP contribution in [-0.2, 0) is 19.6 Å². The maximum absolute atomic E-state index is 12.0. The van der Waals surface area contributed by atoms with Gasteiger partial charge in [-0.05, 0) is 32.9 Å². The number of rotatable bonds is 5. The van der Waals surface area contributed by atoms with Gasteiger partial charge in [-0.15, -0.1) is 0 Å². The summed E-state index contributed by atoms with van der Waals surface area (Å²) in [5.74, 6) is -1.07. The summed E-state index contributed by atoms with van der Waals surface area (Å²) in [6, 6.07) is 5.79. The third kappa shape index (κ3) is 6.25. The number of aliphatic hydroxyl groups excluding tert-OH is 1. The van der Waals surface area contributed by atoms with Crippen LogP contribution < -0.4 is 10.0 Å². The Morgan fingerprint density at radius 1 is 1.22 bits per heavy atom. The quantitative estimate of drug-likeness (QED) is 0.710. The first-order valence-electron chi connectivity index (χ1n) is 6.77. The molecule has 1 atom stereocenters. The van der Waals surface area contributed by atoms with Crippen molar-refractivity contribution in [3.05, 3.63) is 30.3 Å². The fourth-order valence-corrected chi connectivity index (χ4v) is 2.55. The van der Waals surface area contributed by atoms with Gasteiger partial charge in [0.2, 0.25) is 0 Å². The molecule has 8 nitrogen and oxygen atoms in total. The van der Waals surface area contributed by atoms with Crippen molar-refractivity contribution < 1.29 is 27.9 Å². The van der Waals surface area contributed by atoms with Gasteiger partial charge < -0.3 is 15.2 Å². The minimum absolute atomic E-state index is 0.109. The lowest BCUT2D eigenvalue weighted by Crippen LogP contribution is -2.51. The Bertz CT molecular complexity index is 652. The summed E-state index contributed by atoms with van der Waals surface area (Å²) in [6.45, 7) is 4.09. The molecule has 0 fully saturated rings. The molecular formula is C14H20N2O6S. The number of ether oxygens (including phenoxy) is 1. The summed E-state index contributed by atoms with van der Waals surface area (Å²) in [7, 11) is -4.09. The summed E-state index contributed by atoms with van der Waals surface area (Å²) in [5.41, 5.74) is -0.795. The number of aliphatic hydroxyl groups is 1. The molecular weight excluding hydrogens is 324 g/mol. The Labute approximate surface area is 134 Å². The average Bonchev–Trinajstić information content (AvgIpc) is 2.43. The zero-order chi connectivity index (χ0) is 17.7. The second-order valence-corrected chi connectivity index (χ2v) is 7.35. The highest BCUT2D eigenvalue weighted by Crippen LogP contribution is 2.08. The van der Waals surface area contributed by atoms with Crippen molar-refractivity contribution in [2.24, 2.45) is 0 Å². The number of amides is 2. The number of sulfonamides is 1. The lowest BCUT2D eigenvalue weighted by atomic mass is 10.2. The fourth-order valence-electron chi connectivity index (χ4n) is 1.51. The zero-order valence-electron chi connectivity index (χ0n) is 13.1. The van der Waals surface area contributed by atoms with Gasteiger partial charge in [-0.3, -0.25) is 4.79 Å². The SMILES string of the molecule is CC(C)(C)OC(=O)N[C@@H](CO)C(=O)NS(=O)(=O)c1ccccc1. The van der Waals surface area contributed by atoms with E-state index in [1.807, 2.05) is 0 Å². The summed E-state index contributed by atoms with van der Waals surface area (Å²) < 4.78 is 30.8. The van der Waals surface area contributed by atoms with E-state index < -0.39 is 40.3 Å². The van der Waals surface area contributed by atoms with E-state index in [0.717, 1.165) is 0 Å². The lowest BCUT2D eigenvalue weighted by molar-refractivity contribution is -0.122. The van der Waals surface area contributed by atoms with E-state index in [-0.39, 0.29) is 4.90 Å². The third-order valence-electron chi connectivity index (χ3n) is 2.48. The van der Waals surface area contributed by atoms with Crippen LogP contribution in [0.2, 0.25) is 0 Å². The molecule has 0 bridgehead atoms. The van der Waals surface area contributed by atoms with Crippen molar-refractivity contribution in [2.75, 3.05) is 6.61 Å². The van der Waals surface area contributed by atoms with Crippen LogP contribution in [0.4, 0.5) is 4.79 Å². The molecule has 128 valence electrons. The van der Waals surface area contributed by atoms with Crippen LogP contribution in [-0.4, -0.2) is 43.8 Å². The molecule has 0 radical (unpaired) electrons. The Morgan fingerprint density at radius 3 is 2.26 bits per heavy atom. The molecule has 0 heterocycles. The van der Waals surface area contributed by atoms with Crippen LogP contribution in [0.15, 0.2) is 35.2 Å². The van der Waals surface area contributed by atoms with Gasteiger partial charge in [0.05, 0.1) is 11.5 Å². The molecule has 0 aromatic heterocycles. The zero-order valence-corrected chi connectivity index (χ0v) is 13.9. The molecule has 0 unspecified atom stereocenters. The van der Waals surface area contributed by atoms with Crippen molar-refractivity contribution >= 4 is 22.0 Å².